The standard InChI is InChI=1S/C22H17N5O5S/c28-16-9-7-15(8-10-16)27(22(31)14-5-11-17(12-6-14)32-13-20(29)30)33-19-4-2-1-3-18(19)21-23-25-26-24-21/h1-12,28H,13H2,(H,29,30)(H,23,24,25,26). The van der Waals surface area contributed by atoms with Crippen molar-refractivity contribution in [2.75, 3.05) is 10.9 Å². The molecule has 1 amide bonds. The third-order valence-corrected chi connectivity index (χ3v) is 5.51. The smallest absolute Gasteiger partial charge is 0.341 e. The van der Waals surface area contributed by atoms with Crippen molar-refractivity contribution in [1.29, 1.82) is 0 Å². The van der Waals surface area contributed by atoms with Gasteiger partial charge in [0.2, 0.25) is 5.82 Å². The van der Waals surface area contributed by atoms with Crippen molar-refractivity contribution in [1.82, 2.24) is 20.6 Å². The highest BCUT2D eigenvalue weighted by Gasteiger charge is 2.22. The maximum atomic E-state index is 13.5. The van der Waals surface area contributed by atoms with Crippen molar-refractivity contribution in [2.45, 2.75) is 4.90 Å². The molecule has 3 aromatic carbocycles. The van der Waals surface area contributed by atoms with Crippen LogP contribution in [0.5, 0.6) is 11.5 Å². The molecule has 0 saturated carbocycles. The summed E-state index contributed by atoms with van der Waals surface area (Å²) in [6, 6.07) is 19.7. The highest BCUT2D eigenvalue weighted by atomic mass is 32.2. The zero-order valence-corrected chi connectivity index (χ0v) is 17.8. The Balaban J connectivity index is 1.66. The Morgan fingerprint density at radius 2 is 1.73 bits per heavy atom. The predicted octanol–water partition coefficient (Wildman–Crippen LogP) is 3.39. The second-order valence-corrected chi connectivity index (χ2v) is 7.63. The number of hydrogen-bond acceptors (Lipinski definition) is 8. The minimum absolute atomic E-state index is 0.0725. The van der Waals surface area contributed by atoms with E-state index in [1.54, 1.807) is 24.3 Å². The number of ether oxygens (including phenoxy) is 1. The number of phenols is 1. The number of aromatic amines is 1. The molecule has 0 bridgehead atoms. The third kappa shape index (κ3) is 5.28. The molecule has 1 aromatic heterocycles. The SMILES string of the molecule is O=C(O)COc1ccc(C(=O)N(Sc2ccccc2-c2nn[nH]n2)c2ccc(O)cc2)cc1. The molecule has 0 atom stereocenters. The molecule has 4 aromatic rings. The number of nitrogens with one attached hydrogen (secondary N) is 1. The summed E-state index contributed by atoms with van der Waals surface area (Å²) in [5.41, 5.74) is 1.58. The largest absolute Gasteiger partial charge is 0.508 e. The first-order chi connectivity index (χ1) is 16.0. The van der Waals surface area contributed by atoms with Gasteiger partial charge < -0.3 is 14.9 Å². The van der Waals surface area contributed by atoms with Gasteiger partial charge in [0, 0.05) is 16.0 Å². The normalized spacial score (nSPS) is 10.5. The van der Waals surface area contributed by atoms with E-state index < -0.39 is 12.6 Å². The van der Waals surface area contributed by atoms with Crippen LogP contribution in [0.25, 0.3) is 11.4 Å². The van der Waals surface area contributed by atoms with Gasteiger partial charge in [0.05, 0.1) is 5.69 Å². The maximum absolute atomic E-state index is 13.5. The molecule has 166 valence electrons. The van der Waals surface area contributed by atoms with Crippen LogP contribution < -0.4 is 9.04 Å². The highest BCUT2D eigenvalue weighted by molar-refractivity contribution is 8.01. The topological polar surface area (TPSA) is 142 Å². The number of tetrazole rings is 1. The van der Waals surface area contributed by atoms with E-state index in [0.717, 1.165) is 0 Å². The van der Waals surface area contributed by atoms with E-state index in [1.165, 1.54) is 40.5 Å². The highest BCUT2D eigenvalue weighted by Crippen LogP contribution is 2.36. The average Bonchev–Trinajstić information content (AvgIpc) is 3.37. The minimum Gasteiger partial charge on any atom is -0.508 e. The molecule has 10 nitrogen and oxygen atoms in total. The van der Waals surface area contributed by atoms with Crippen molar-refractivity contribution < 1.29 is 24.5 Å². The Morgan fingerprint density at radius 3 is 2.39 bits per heavy atom. The number of carbonyl (C=O) groups excluding carboxylic acids is 1. The van der Waals surface area contributed by atoms with E-state index in [0.29, 0.717) is 33.3 Å². The number of rotatable bonds is 8. The van der Waals surface area contributed by atoms with Gasteiger partial charge in [-0.2, -0.15) is 5.21 Å². The van der Waals surface area contributed by atoms with Crippen LogP contribution >= 0.6 is 11.9 Å². The van der Waals surface area contributed by atoms with Gasteiger partial charge >= 0.3 is 5.97 Å². The Morgan fingerprint density at radius 1 is 1.00 bits per heavy atom. The Hall–Kier alpha value is -4.38. The summed E-state index contributed by atoms with van der Waals surface area (Å²) < 4.78 is 6.61. The number of nitrogens with zero attached hydrogens (tertiary/aromatic N) is 4. The van der Waals surface area contributed by atoms with E-state index in [2.05, 4.69) is 20.6 Å². The molecule has 0 saturated heterocycles. The van der Waals surface area contributed by atoms with E-state index in [1.807, 2.05) is 24.3 Å². The van der Waals surface area contributed by atoms with Crippen molar-refractivity contribution in [3.8, 4) is 22.9 Å². The molecule has 0 radical (unpaired) electrons. The molecule has 0 fully saturated rings. The van der Waals surface area contributed by atoms with Gasteiger partial charge in [0.15, 0.2) is 6.61 Å². The van der Waals surface area contributed by atoms with Gasteiger partial charge in [-0.15, -0.1) is 10.2 Å². The third-order valence-electron chi connectivity index (χ3n) is 4.40. The fourth-order valence-electron chi connectivity index (χ4n) is 2.86. The molecule has 0 spiro atoms. The van der Waals surface area contributed by atoms with E-state index >= 15 is 0 Å². The number of amides is 1. The lowest BCUT2D eigenvalue weighted by atomic mass is 10.2. The summed E-state index contributed by atoms with van der Waals surface area (Å²) in [6.07, 6.45) is 0. The van der Waals surface area contributed by atoms with Crippen LogP contribution in [-0.2, 0) is 4.79 Å². The quantitative estimate of drug-likeness (QED) is 0.335. The molecule has 1 heterocycles. The van der Waals surface area contributed by atoms with Crippen LogP contribution in [0.3, 0.4) is 0 Å². The number of aromatic nitrogens is 4. The van der Waals surface area contributed by atoms with Gasteiger partial charge in [-0.05, 0) is 77.8 Å². The van der Waals surface area contributed by atoms with Crippen molar-refractivity contribution >= 4 is 29.5 Å². The molecule has 0 aliphatic rings. The molecule has 3 N–H and O–H groups in total. The first kappa shape index (κ1) is 21.8. The number of aliphatic carboxylic acids is 1. The summed E-state index contributed by atoms with van der Waals surface area (Å²) in [6.45, 7) is -0.477. The molecule has 0 unspecified atom stereocenters. The zero-order chi connectivity index (χ0) is 23.2. The Labute approximate surface area is 192 Å². The lowest BCUT2D eigenvalue weighted by Gasteiger charge is -2.22. The van der Waals surface area contributed by atoms with Gasteiger partial charge in [-0.25, -0.2) is 9.10 Å². The van der Waals surface area contributed by atoms with Crippen LogP contribution in [0.4, 0.5) is 5.69 Å². The van der Waals surface area contributed by atoms with Gasteiger partial charge in [-0.1, -0.05) is 12.1 Å². The molecular weight excluding hydrogens is 446 g/mol. The molecule has 4 rings (SSSR count). The van der Waals surface area contributed by atoms with Crippen LogP contribution in [0, 0.1) is 0 Å². The van der Waals surface area contributed by atoms with E-state index in [-0.39, 0.29) is 11.7 Å². The minimum atomic E-state index is -1.09. The monoisotopic (exact) mass is 463 g/mol. The summed E-state index contributed by atoms with van der Waals surface area (Å²) in [5.74, 6) is -0.636. The molecule has 0 aliphatic heterocycles. The summed E-state index contributed by atoms with van der Waals surface area (Å²) in [4.78, 5) is 24.9. The van der Waals surface area contributed by atoms with Crippen LogP contribution in [0.15, 0.2) is 77.7 Å². The molecule has 11 heteroatoms. The fraction of sp³-hybridized carbons (Fsp3) is 0.0455. The van der Waals surface area contributed by atoms with Crippen LogP contribution in [0.1, 0.15) is 10.4 Å². The summed E-state index contributed by atoms with van der Waals surface area (Å²) in [5, 5.41) is 32.5. The first-order valence-corrected chi connectivity index (χ1v) is 10.4. The average molecular weight is 463 g/mol. The molecule has 33 heavy (non-hydrogen) atoms. The summed E-state index contributed by atoms with van der Waals surface area (Å²) >= 11 is 1.17. The second kappa shape index (κ2) is 9.83. The van der Waals surface area contributed by atoms with Gasteiger partial charge in [0.25, 0.3) is 5.91 Å². The Bertz CT molecular complexity index is 1250. The van der Waals surface area contributed by atoms with E-state index in [9.17, 15) is 14.7 Å². The number of carbonyl (C=O) groups is 2. The van der Waals surface area contributed by atoms with Gasteiger partial charge in [0.1, 0.15) is 11.5 Å². The van der Waals surface area contributed by atoms with Crippen molar-refractivity contribution in [3.63, 3.8) is 0 Å². The maximum Gasteiger partial charge on any atom is 0.341 e. The Kier molecular flexibility index (Phi) is 6.51. The van der Waals surface area contributed by atoms with Crippen LogP contribution in [0.2, 0.25) is 0 Å². The lowest BCUT2D eigenvalue weighted by molar-refractivity contribution is -0.139. The second-order valence-electron chi connectivity index (χ2n) is 6.65. The summed E-state index contributed by atoms with van der Waals surface area (Å²) in [7, 11) is 0. The number of benzene rings is 3. The van der Waals surface area contributed by atoms with Crippen molar-refractivity contribution in [2.24, 2.45) is 0 Å². The van der Waals surface area contributed by atoms with Crippen molar-refractivity contribution in [3.05, 3.63) is 78.4 Å². The van der Waals surface area contributed by atoms with Crippen LogP contribution in [-0.4, -0.2) is 49.3 Å². The fourth-order valence-corrected chi connectivity index (χ4v) is 3.87. The number of carboxylic acid groups (broad SMARTS) is 1. The number of aromatic hydroxyl groups is 1. The van der Waals surface area contributed by atoms with Gasteiger partial charge in [-0.3, -0.25) is 4.79 Å². The number of carboxylic acids is 1. The number of hydrogen-bond donors (Lipinski definition) is 3. The first-order valence-electron chi connectivity index (χ1n) is 9.60. The number of anilines is 1. The number of H-pyrrole nitrogens is 1. The lowest BCUT2D eigenvalue weighted by Crippen LogP contribution is -2.24. The molecule has 0 aliphatic carbocycles. The van der Waals surface area contributed by atoms with E-state index in [4.69, 9.17) is 9.84 Å². The molecular formula is C22H17N5O5S. The number of phenolic OH excluding ortho intramolecular Hbond substituents is 1. The predicted molar refractivity (Wildman–Crippen MR) is 120 cm³/mol. The zero-order valence-electron chi connectivity index (χ0n) is 17.0.